The average molecular weight is 239 g/mol. The zero-order valence-corrected chi connectivity index (χ0v) is 9.77. The van der Waals surface area contributed by atoms with E-state index in [1.54, 1.807) is 0 Å². The van der Waals surface area contributed by atoms with Crippen LogP contribution in [0.2, 0.25) is 0 Å². The highest BCUT2D eigenvalue weighted by Gasteiger charge is 2.20. The molecule has 0 aromatic heterocycles. The fourth-order valence-electron chi connectivity index (χ4n) is 1.55. The van der Waals surface area contributed by atoms with Gasteiger partial charge in [0, 0.05) is 17.0 Å². The van der Waals surface area contributed by atoms with E-state index in [0.29, 0.717) is 12.1 Å². The lowest BCUT2D eigenvalue weighted by Crippen LogP contribution is -2.24. The van der Waals surface area contributed by atoms with Crippen LogP contribution in [-0.4, -0.2) is 12.5 Å². The van der Waals surface area contributed by atoms with Crippen molar-refractivity contribution in [2.75, 3.05) is 6.54 Å². The largest absolute Gasteiger partial charge is 0.352 e. The molecule has 0 heterocycles. The molecule has 1 N–H and O–H groups in total. The molecule has 1 amide bonds. The van der Waals surface area contributed by atoms with Crippen LogP contribution >= 0.6 is 12.6 Å². The molecule has 86 valence electrons. The summed E-state index contributed by atoms with van der Waals surface area (Å²) in [4.78, 5) is 11.8. The quantitative estimate of drug-likeness (QED) is 0.777. The number of hydrogen-bond acceptors (Lipinski definition) is 2. The molecule has 0 spiro atoms. The lowest BCUT2D eigenvalue weighted by molar-refractivity contribution is 0.0952. The first kappa shape index (κ1) is 11.5. The Kier molecular flexibility index (Phi) is 3.49. The summed E-state index contributed by atoms with van der Waals surface area (Å²) in [6.07, 6.45) is 3.61. The van der Waals surface area contributed by atoms with E-state index in [0.717, 1.165) is 12.3 Å². The fraction of sp³-hybridized carbons (Fsp3) is 0.417. The van der Waals surface area contributed by atoms with Crippen LogP contribution in [0.3, 0.4) is 0 Å². The number of amides is 1. The summed E-state index contributed by atoms with van der Waals surface area (Å²) in [7, 11) is 0. The van der Waals surface area contributed by atoms with Crippen LogP contribution in [0.15, 0.2) is 23.1 Å². The summed E-state index contributed by atoms with van der Waals surface area (Å²) in [6.45, 7) is 0.697. The number of carbonyl (C=O) groups excluding carboxylic acids is 1. The smallest absolute Gasteiger partial charge is 0.251 e. The first-order chi connectivity index (χ1) is 7.66. The van der Waals surface area contributed by atoms with Gasteiger partial charge in [-0.05, 0) is 30.5 Å². The summed E-state index contributed by atoms with van der Waals surface area (Å²) in [6, 6.07) is 4.19. The lowest BCUT2D eigenvalue weighted by Gasteiger charge is -2.05. The predicted molar refractivity (Wildman–Crippen MR) is 63.3 cm³/mol. The first-order valence-corrected chi connectivity index (χ1v) is 5.88. The van der Waals surface area contributed by atoms with Crippen LogP contribution in [0.5, 0.6) is 0 Å². The lowest BCUT2D eigenvalue weighted by atomic mass is 10.2. The molecule has 0 unspecified atom stereocenters. The molecule has 0 bridgehead atoms. The molecule has 16 heavy (non-hydrogen) atoms. The summed E-state index contributed by atoms with van der Waals surface area (Å²) in [5.74, 6) is 0.239. The minimum Gasteiger partial charge on any atom is -0.352 e. The topological polar surface area (TPSA) is 29.1 Å². The maximum absolute atomic E-state index is 12.9. The summed E-state index contributed by atoms with van der Waals surface area (Å²) >= 11 is 3.94. The van der Waals surface area contributed by atoms with Crippen LogP contribution in [0.25, 0.3) is 0 Å². The molecule has 1 aliphatic carbocycles. The van der Waals surface area contributed by atoms with Gasteiger partial charge in [0.05, 0.1) is 0 Å². The Morgan fingerprint density at radius 3 is 2.88 bits per heavy atom. The zero-order valence-electron chi connectivity index (χ0n) is 8.87. The number of hydrogen-bond donors (Lipinski definition) is 2. The van der Waals surface area contributed by atoms with Crippen molar-refractivity contribution in [1.29, 1.82) is 0 Å². The molecule has 1 aliphatic rings. The van der Waals surface area contributed by atoms with E-state index in [9.17, 15) is 9.18 Å². The molecule has 1 aromatic rings. The number of thiol groups is 1. The maximum atomic E-state index is 12.9. The van der Waals surface area contributed by atoms with Crippen molar-refractivity contribution in [3.05, 3.63) is 29.6 Å². The molecule has 1 fully saturated rings. The van der Waals surface area contributed by atoms with Crippen molar-refractivity contribution in [2.24, 2.45) is 5.92 Å². The zero-order chi connectivity index (χ0) is 11.5. The van der Waals surface area contributed by atoms with Gasteiger partial charge in [0.2, 0.25) is 0 Å². The Bertz CT molecular complexity index is 404. The first-order valence-electron chi connectivity index (χ1n) is 5.43. The second-order valence-corrected chi connectivity index (χ2v) is 4.64. The number of rotatable bonds is 4. The third kappa shape index (κ3) is 2.98. The average Bonchev–Trinajstić information content (AvgIpc) is 3.06. The Balaban J connectivity index is 1.88. The summed E-state index contributed by atoms with van der Waals surface area (Å²) < 4.78 is 12.9. The normalized spacial score (nSPS) is 14.9. The maximum Gasteiger partial charge on any atom is 0.251 e. The molecule has 1 saturated carbocycles. The number of nitrogens with one attached hydrogen (secondary N) is 1. The van der Waals surface area contributed by atoms with Crippen LogP contribution in [-0.2, 0) is 0 Å². The van der Waals surface area contributed by atoms with Crippen molar-refractivity contribution in [3.63, 3.8) is 0 Å². The number of halogens is 1. The van der Waals surface area contributed by atoms with Crippen LogP contribution in [0, 0.1) is 11.7 Å². The van der Waals surface area contributed by atoms with Gasteiger partial charge in [-0.2, -0.15) is 0 Å². The minimum absolute atomic E-state index is 0.157. The third-order valence-electron chi connectivity index (χ3n) is 2.74. The molecule has 0 radical (unpaired) electrons. The second-order valence-electron chi connectivity index (χ2n) is 4.15. The van der Waals surface area contributed by atoms with Gasteiger partial charge >= 0.3 is 0 Å². The van der Waals surface area contributed by atoms with Crippen LogP contribution < -0.4 is 5.32 Å². The summed E-state index contributed by atoms with van der Waals surface area (Å²) in [5.41, 5.74) is 0.460. The number of benzene rings is 1. The Morgan fingerprint density at radius 1 is 1.50 bits per heavy atom. The van der Waals surface area contributed by atoms with Gasteiger partial charge in [0.1, 0.15) is 5.82 Å². The van der Waals surface area contributed by atoms with Gasteiger partial charge in [0.25, 0.3) is 5.91 Å². The molecular formula is C12H14FNOS. The Hall–Kier alpha value is -1.03. The Morgan fingerprint density at radius 2 is 2.25 bits per heavy atom. The highest BCUT2D eigenvalue weighted by molar-refractivity contribution is 7.80. The van der Waals surface area contributed by atoms with Gasteiger partial charge in [-0.15, -0.1) is 12.6 Å². The van der Waals surface area contributed by atoms with E-state index in [1.165, 1.54) is 31.0 Å². The molecule has 1 aromatic carbocycles. The van der Waals surface area contributed by atoms with E-state index < -0.39 is 5.82 Å². The van der Waals surface area contributed by atoms with Gasteiger partial charge in [0.15, 0.2) is 0 Å². The third-order valence-corrected chi connectivity index (χ3v) is 3.09. The van der Waals surface area contributed by atoms with Crippen molar-refractivity contribution in [1.82, 2.24) is 5.32 Å². The van der Waals surface area contributed by atoms with Gasteiger partial charge in [-0.25, -0.2) is 4.39 Å². The molecule has 0 aliphatic heterocycles. The van der Waals surface area contributed by atoms with E-state index in [2.05, 4.69) is 17.9 Å². The van der Waals surface area contributed by atoms with Gasteiger partial charge in [-0.3, -0.25) is 4.79 Å². The Labute approximate surface area is 99.6 Å². The van der Waals surface area contributed by atoms with Gasteiger partial charge < -0.3 is 5.32 Å². The SMILES string of the molecule is O=C(NCCC1CC1)c1ccc(F)c(S)c1. The number of carbonyl (C=O) groups is 1. The molecule has 0 saturated heterocycles. The van der Waals surface area contributed by atoms with Crippen molar-refractivity contribution in [2.45, 2.75) is 24.2 Å². The summed E-state index contributed by atoms with van der Waals surface area (Å²) in [5, 5.41) is 2.82. The molecule has 0 atom stereocenters. The monoisotopic (exact) mass is 239 g/mol. The van der Waals surface area contributed by atoms with Crippen LogP contribution in [0.1, 0.15) is 29.6 Å². The highest BCUT2D eigenvalue weighted by atomic mass is 32.1. The van der Waals surface area contributed by atoms with Crippen molar-refractivity contribution < 1.29 is 9.18 Å². The molecule has 2 nitrogen and oxygen atoms in total. The standard InChI is InChI=1S/C12H14FNOS/c13-10-4-3-9(7-11(10)16)12(15)14-6-5-8-1-2-8/h3-4,7-8,16H,1-2,5-6H2,(H,14,15). The highest BCUT2D eigenvalue weighted by Crippen LogP contribution is 2.31. The van der Waals surface area contributed by atoms with Crippen LogP contribution in [0.4, 0.5) is 4.39 Å². The van der Waals surface area contributed by atoms with E-state index in [4.69, 9.17) is 0 Å². The van der Waals surface area contributed by atoms with E-state index in [-0.39, 0.29) is 10.8 Å². The minimum atomic E-state index is -0.405. The fourth-order valence-corrected chi connectivity index (χ4v) is 1.77. The van der Waals surface area contributed by atoms with Gasteiger partial charge in [-0.1, -0.05) is 12.8 Å². The van der Waals surface area contributed by atoms with Crippen molar-refractivity contribution in [3.8, 4) is 0 Å². The molecule has 4 heteroatoms. The second kappa shape index (κ2) is 4.87. The van der Waals surface area contributed by atoms with E-state index in [1.807, 2.05) is 0 Å². The van der Waals surface area contributed by atoms with Crippen molar-refractivity contribution >= 4 is 18.5 Å². The predicted octanol–water partition coefficient (Wildman–Crippen LogP) is 2.64. The van der Waals surface area contributed by atoms with E-state index >= 15 is 0 Å². The molecule has 2 rings (SSSR count). The molecular weight excluding hydrogens is 225 g/mol.